The van der Waals surface area contributed by atoms with Crippen LogP contribution in [0.1, 0.15) is 35.2 Å². The third-order valence-corrected chi connectivity index (χ3v) is 3.84. The lowest BCUT2D eigenvalue weighted by atomic mass is 10.1. The number of nitrogens with one attached hydrogen (secondary N) is 1. The molecule has 21 heavy (non-hydrogen) atoms. The highest BCUT2D eigenvalue weighted by atomic mass is 16.3. The molecule has 0 spiro atoms. The Labute approximate surface area is 123 Å². The number of primary amides is 1. The maximum Gasteiger partial charge on any atom is 0.248 e. The average Bonchev–Trinajstić information content (AvgIpc) is 2.92. The zero-order valence-electron chi connectivity index (χ0n) is 11.8. The molecule has 112 valence electrons. The molecule has 0 saturated heterocycles. The fourth-order valence-corrected chi connectivity index (χ4v) is 2.61. The molecule has 1 aliphatic rings. The highest BCUT2D eigenvalue weighted by Crippen LogP contribution is 2.24. The van der Waals surface area contributed by atoms with Crippen LogP contribution < -0.4 is 11.1 Å². The van der Waals surface area contributed by atoms with E-state index in [0.717, 1.165) is 24.8 Å². The first-order valence-electron chi connectivity index (χ1n) is 7.09. The Balaban J connectivity index is 1.91. The Bertz CT molecular complexity index is 537. The van der Waals surface area contributed by atoms with Gasteiger partial charge in [0.1, 0.15) is 0 Å². The van der Waals surface area contributed by atoms with Gasteiger partial charge in [-0.05, 0) is 36.6 Å². The molecule has 1 aromatic carbocycles. The Morgan fingerprint density at radius 1 is 1.29 bits per heavy atom. The first-order chi connectivity index (χ1) is 10.1. The molecule has 1 aromatic rings. The van der Waals surface area contributed by atoms with Crippen LogP contribution in [-0.2, 0) is 4.79 Å². The fraction of sp³-hybridized carbons (Fsp3) is 0.375. The summed E-state index contributed by atoms with van der Waals surface area (Å²) in [6, 6.07) is 6.77. The van der Waals surface area contributed by atoms with E-state index in [0.29, 0.717) is 5.56 Å². The van der Waals surface area contributed by atoms with E-state index in [4.69, 9.17) is 5.73 Å². The predicted octanol–water partition coefficient (Wildman–Crippen LogP) is 1.08. The van der Waals surface area contributed by atoms with Crippen molar-refractivity contribution >= 4 is 17.9 Å². The zero-order chi connectivity index (χ0) is 15.2. The maximum atomic E-state index is 11.9. The van der Waals surface area contributed by atoms with Gasteiger partial charge < -0.3 is 16.2 Å². The molecule has 2 atom stereocenters. The summed E-state index contributed by atoms with van der Waals surface area (Å²) >= 11 is 0. The molecule has 0 radical (unpaired) electrons. The lowest BCUT2D eigenvalue weighted by Gasteiger charge is -2.17. The van der Waals surface area contributed by atoms with Crippen molar-refractivity contribution in [3.63, 3.8) is 0 Å². The number of carbonyl (C=O) groups is 2. The van der Waals surface area contributed by atoms with E-state index < -0.39 is 5.91 Å². The standard InChI is InChI=1S/C16H20N2O3/c17-16(21)12-7-4-11(5-8-12)6-9-15(20)18-14-3-1-2-13(14)10-19/h4-9,13-14,19H,1-3,10H2,(H2,17,21)(H,18,20)/b9-6+. The van der Waals surface area contributed by atoms with Crippen LogP contribution in [0, 0.1) is 5.92 Å². The molecule has 2 rings (SSSR count). The highest BCUT2D eigenvalue weighted by molar-refractivity contribution is 5.94. The summed E-state index contributed by atoms with van der Waals surface area (Å²) in [6.45, 7) is 0.114. The van der Waals surface area contributed by atoms with Gasteiger partial charge in [0.15, 0.2) is 0 Å². The topological polar surface area (TPSA) is 92.4 Å². The van der Waals surface area contributed by atoms with Crippen LogP contribution in [0.2, 0.25) is 0 Å². The molecule has 5 heteroatoms. The first-order valence-corrected chi connectivity index (χ1v) is 7.09. The largest absolute Gasteiger partial charge is 0.396 e. The number of benzene rings is 1. The quantitative estimate of drug-likeness (QED) is 0.708. The van der Waals surface area contributed by atoms with Crippen molar-refractivity contribution < 1.29 is 14.7 Å². The van der Waals surface area contributed by atoms with Gasteiger partial charge in [-0.2, -0.15) is 0 Å². The molecular formula is C16H20N2O3. The Hall–Kier alpha value is -2.14. The van der Waals surface area contributed by atoms with Crippen molar-refractivity contribution in [1.29, 1.82) is 0 Å². The SMILES string of the molecule is NC(=O)c1ccc(/C=C/C(=O)NC2CCCC2CO)cc1. The van der Waals surface area contributed by atoms with Crippen LogP contribution in [0.4, 0.5) is 0 Å². The number of aliphatic hydroxyl groups is 1. The minimum absolute atomic E-state index is 0.0596. The van der Waals surface area contributed by atoms with Crippen molar-refractivity contribution in [2.45, 2.75) is 25.3 Å². The third-order valence-electron chi connectivity index (χ3n) is 3.84. The smallest absolute Gasteiger partial charge is 0.248 e. The Morgan fingerprint density at radius 3 is 2.62 bits per heavy atom. The number of hydrogen-bond acceptors (Lipinski definition) is 3. The van der Waals surface area contributed by atoms with Crippen LogP contribution in [0.15, 0.2) is 30.3 Å². The van der Waals surface area contributed by atoms with Gasteiger partial charge in [-0.15, -0.1) is 0 Å². The summed E-state index contributed by atoms with van der Waals surface area (Å²) in [5, 5.41) is 12.1. The highest BCUT2D eigenvalue weighted by Gasteiger charge is 2.27. The van der Waals surface area contributed by atoms with E-state index in [1.165, 1.54) is 6.08 Å². The van der Waals surface area contributed by atoms with Gasteiger partial charge in [0.2, 0.25) is 11.8 Å². The molecule has 0 aliphatic heterocycles. The lowest BCUT2D eigenvalue weighted by molar-refractivity contribution is -0.117. The van der Waals surface area contributed by atoms with E-state index in [2.05, 4.69) is 5.32 Å². The fourth-order valence-electron chi connectivity index (χ4n) is 2.61. The molecule has 1 saturated carbocycles. The number of aliphatic hydroxyl groups excluding tert-OH is 1. The molecule has 0 heterocycles. The van der Waals surface area contributed by atoms with Crippen LogP contribution in [0.5, 0.6) is 0 Å². The van der Waals surface area contributed by atoms with E-state index in [1.807, 2.05) is 0 Å². The summed E-state index contributed by atoms with van der Waals surface area (Å²) in [5.41, 5.74) is 6.42. The van der Waals surface area contributed by atoms with Crippen LogP contribution >= 0.6 is 0 Å². The lowest BCUT2D eigenvalue weighted by Crippen LogP contribution is -2.37. The Kier molecular flexibility index (Phi) is 5.11. The zero-order valence-corrected chi connectivity index (χ0v) is 11.8. The number of rotatable bonds is 5. The predicted molar refractivity (Wildman–Crippen MR) is 80.4 cm³/mol. The summed E-state index contributed by atoms with van der Waals surface area (Å²) in [6.07, 6.45) is 6.06. The molecule has 5 nitrogen and oxygen atoms in total. The molecule has 1 aliphatic carbocycles. The molecule has 2 unspecified atom stereocenters. The van der Waals surface area contributed by atoms with Crippen LogP contribution in [0.25, 0.3) is 6.08 Å². The Morgan fingerprint density at radius 2 is 2.00 bits per heavy atom. The van der Waals surface area contributed by atoms with Gasteiger partial charge in [-0.25, -0.2) is 0 Å². The van der Waals surface area contributed by atoms with Gasteiger partial charge in [0.05, 0.1) is 0 Å². The van der Waals surface area contributed by atoms with Crippen LogP contribution in [0.3, 0.4) is 0 Å². The van der Waals surface area contributed by atoms with E-state index in [9.17, 15) is 14.7 Å². The molecule has 1 fully saturated rings. The van der Waals surface area contributed by atoms with Gasteiger partial charge in [0.25, 0.3) is 0 Å². The second-order valence-electron chi connectivity index (χ2n) is 5.31. The average molecular weight is 288 g/mol. The van der Waals surface area contributed by atoms with Crippen molar-refractivity contribution in [2.24, 2.45) is 11.7 Å². The number of carbonyl (C=O) groups excluding carboxylic acids is 2. The van der Waals surface area contributed by atoms with E-state index >= 15 is 0 Å². The van der Waals surface area contributed by atoms with Crippen molar-refractivity contribution in [2.75, 3.05) is 6.61 Å². The second-order valence-corrected chi connectivity index (χ2v) is 5.31. The summed E-state index contributed by atoms with van der Waals surface area (Å²) in [4.78, 5) is 22.8. The molecule has 4 N–H and O–H groups in total. The molecule has 2 amide bonds. The number of nitrogens with two attached hydrogens (primary N) is 1. The normalized spacial score (nSPS) is 21.6. The first kappa shape index (κ1) is 15.3. The van der Waals surface area contributed by atoms with Crippen LogP contribution in [-0.4, -0.2) is 29.6 Å². The monoisotopic (exact) mass is 288 g/mol. The van der Waals surface area contributed by atoms with E-state index in [1.54, 1.807) is 30.3 Å². The van der Waals surface area contributed by atoms with Crippen molar-refractivity contribution in [3.05, 3.63) is 41.5 Å². The van der Waals surface area contributed by atoms with Gasteiger partial charge in [-0.1, -0.05) is 18.6 Å². The van der Waals surface area contributed by atoms with E-state index in [-0.39, 0.29) is 24.5 Å². The van der Waals surface area contributed by atoms with Crippen molar-refractivity contribution in [3.8, 4) is 0 Å². The molecule has 0 aromatic heterocycles. The molecule has 0 bridgehead atoms. The molecular weight excluding hydrogens is 268 g/mol. The summed E-state index contributed by atoms with van der Waals surface area (Å²) in [7, 11) is 0. The van der Waals surface area contributed by atoms with Crippen molar-refractivity contribution in [1.82, 2.24) is 5.32 Å². The summed E-state index contributed by atoms with van der Waals surface area (Å²) in [5.74, 6) is -0.476. The summed E-state index contributed by atoms with van der Waals surface area (Å²) < 4.78 is 0. The van der Waals surface area contributed by atoms with Gasteiger partial charge in [0, 0.05) is 30.2 Å². The minimum Gasteiger partial charge on any atom is -0.396 e. The number of amides is 2. The maximum absolute atomic E-state index is 11.9. The second kappa shape index (κ2) is 7.04. The minimum atomic E-state index is -0.473. The van der Waals surface area contributed by atoms with Gasteiger partial charge in [-0.3, -0.25) is 9.59 Å². The van der Waals surface area contributed by atoms with Gasteiger partial charge >= 0.3 is 0 Å². The third kappa shape index (κ3) is 4.16. The number of hydrogen-bond donors (Lipinski definition) is 3.